The molecule has 1 saturated carbocycles. The Bertz CT molecular complexity index is 1030. The maximum absolute atomic E-state index is 13.0. The van der Waals surface area contributed by atoms with Gasteiger partial charge < -0.3 is 9.84 Å². The second kappa shape index (κ2) is 10.4. The topological polar surface area (TPSA) is 68.2 Å². The summed E-state index contributed by atoms with van der Waals surface area (Å²) in [6.07, 6.45) is 12.8. The quantitative estimate of drug-likeness (QED) is 0.312. The molecule has 6 heteroatoms. The van der Waals surface area contributed by atoms with Crippen LogP contribution in [0.3, 0.4) is 0 Å². The monoisotopic (exact) mass is 434 g/mol. The van der Waals surface area contributed by atoms with E-state index in [1.54, 1.807) is 12.1 Å². The molecule has 0 bridgehead atoms. The number of aromatic nitrogens is 3. The number of esters is 1. The highest BCUT2D eigenvalue weighted by Gasteiger charge is 2.34. The minimum absolute atomic E-state index is 0.183. The van der Waals surface area contributed by atoms with Gasteiger partial charge in [0, 0.05) is 31.3 Å². The third kappa shape index (κ3) is 5.18. The fourth-order valence-electron chi connectivity index (χ4n) is 4.74. The maximum atomic E-state index is 13.0. The average molecular weight is 435 g/mol. The van der Waals surface area contributed by atoms with Crippen molar-refractivity contribution < 1.29 is 19.2 Å². The zero-order valence-electron chi connectivity index (χ0n) is 18.7. The molecule has 2 aromatic heterocycles. The molecule has 1 atom stereocenters. The van der Waals surface area contributed by atoms with Crippen molar-refractivity contribution in [1.29, 1.82) is 0 Å². The van der Waals surface area contributed by atoms with Gasteiger partial charge in [-0.3, -0.25) is 9.78 Å². The van der Waals surface area contributed by atoms with Crippen LogP contribution >= 0.6 is 0 Å². The van der Waals surface area contributed by atoms with Crippen molar-refractivity contribution in [2.75, 3.05) is 6.61 Å². The van der Waals surface area contributed by atoms with Crippen LogP contribution < -0.4 is 4.57 Å². The van der Waals surface area contributed by atoms with Crippen LogP contribution in [0.4, 0.5) is 0 Å². The lowest BCUT2D eigenvalue weighted by atomic mass is 9.84. The van der Waals surface area contributed by atoms with E-state index in [2.05, 4.69) is 33.4 Å². The Balaban J connectivity index is 1.32. The number of carbonyl (C=O) groups is 1. The minimum atomic E-state index is -0.380. The molecule has 0 saturated heterocycles. The third-order valence-electron chi connectivity index (χ3n) is 6.54. The van der Waals surface area contributed by atoms with Crippen LogP contribution in [0.5, 0.6) is 5.75 Å². The van der Waals surface area contributed by atoms with E-state index in [1.807, 2.05) is 36.7 Å². The van der Waals surface area contributed by atoms with Crippen LogP contribution in [-0.2, 0) is 22.6 Å². The first-order valence-corrected chi connectivity index (χ1v) is 11.5. The Kier molecular flexibility index (Phi) is 7.20. The third-order valence-corrected chi connectivity index (χ3v) is 6.54. The van der Waals surface area contributed by atoms with Crippen molar-refractivity contribution in [3.8, 4) is 5.75 Å². The van der Waals surface area contributed by atoms with Gasteiger partial charge in [0.15, 0.2) is 0 Å². The number of imidazole rings is 1. The van der Waals surface area contributed by atoms with Crippen LogP contribution in [0.25, 0.3) is 0 Å². The van der Waals surface area contributed by atoms with Gasteiger partial charge in [-0.2, -0.15) is 0 Å². The molecule has 1 aliphatic rings. The van der Waals surface area contributed by atoms with Crippen molar-refractivity contribution in [3.05, 3.63) is 78.1 Å². The molecule has 1 N–H and O–H groups in total. The fraction of sp³-hybridized carbons (Fsp3) is 0.423. The predicted octanol–water partition coefficient (Wildman–Crippen LogP) is 4.14. The molecule has 2 heterocycles. The highest BCUT2D eigenvalue weighted by molar-refractivity contribution is 5.79. The molecule has 1 aliphatic carbocycles. The van der Waals surface area contributed by atoms with Gasteiger partial charge in [0.25, 0.3) is 5.82 Å². The number of carbonyl (C=O) groups excluding carboxylic acids is 1. The number of aryl methyl sites for hydroxylation is 1. The number of phenolic OH excluding ortho intramolecular Hbond substituents is 1. The molecule has 1 fully saturated rings. The number of hydrogen-bond donors (Lipinski definition) is 1. The highest BCUT2D eigenvalue weighted by Crippen LogP contribution is 2.40. The Labute approximate surface area is 189 Å². The van der Waals surface area contributed by atoms with Gasteiger partial charge in [-0.25, -0.2) is 9.13 Å². The van der Waals surface area contributed by atoms with E-state index in [0.29, 0.717) is 12.2 Å². The van der Waals surface area contributed by atoms with Crippen molar-refractivity contribution in [1.82, 2.24) is 9.55 Å². The summed E-state index contributed by atoms with van der Waals surface area (Å²) in [5.74, 6) is 0.994. The Hall–Kier alpha value is -3.15. The van der Waals surface area contributed by atoms with Crippen molar-refractivity contribution >= 4 is 5.97 Å². The van der Waals surface area contributed by atoms with Crippen LogP contribution in [0.15, 0.2) is 61.2 Å². The first-order chi connectivity index (χ1) is 15.6. The molecule has 32 heavy (non-hydrogen) atoms. The van der Waals surface area contributed by atoms with Crippen molar-refractivity contribution in [2.45, 2.75) is 58.0 Å². The van der Waals surface area contributed by atoms with E-state index in [1.165, 1.54) is 5.56 Å². The zero-order valence-corrected chi connectivity index (χ0v) is 18.7. The number of aromatic hydroxyl groups is 1. The smallest absolute Gasteiger partial charge is 0.313 e. The summed E-state index contributed by atoms with van der Waals surface area (Å²) in [5, 5.41) is 10.3. The number of phenols is 1. The molecule has 0 amide bonds. The number of ether oxygens (including phenoxy) is 1. The summed E-state index contributed by atoms with van der Waals surface area (Å²) in [6, 6.07) is 11.2. The number of nitrogens with zero attached hydrogens (tertiary/aromatic N) is 3. The van der Waals surface area contributed by atoms with Crippen LogP contribution in [0.1, 0.15) is 55.0 Å². The Morgan fingerprint density at radius 2 is 1.97 bits per heavy atom. The molecule has 1 aromatic carbocycles. The zero-order chi connectivity index (χ0) is 22.3. The summed E-state index contributed by atoms with van der Waals surface area (Å²) in [5.41, 5.74) is 1.91. The molecule has 0 radical (unpaired) electrons. The van der Waals surface area contributed by atoms with E-state index in [9.17, 15) is 9.90 Å². The van der Waals surface area contributed by atoms with Gasteiger partial charge in [-0.15, -0.1) is 0 Å². The van der Waals surface area contributed by atoms with E-state index >= 15 is 0 Å². The van der Waals surface area contributed by atoms with Crippen molar-refractivity contribution in [3.63, 3.8) is 0 Å². The molecule has 0 spiro atoms. The van der Waals surface area contributed by atoms with Gasteiger partial charge in [-0.1, -0.05) is 31.0 Å². The second-order valence-electron chi connectivity index (χ2n) is 8.62. The lowest BCUT2D eigenvalue weighted by Gasteiger charge is -2.23. The summed E-state index contributed by atoms with van der Waals surface area (Å²) < 4.78 is 10.1. The Morgan fingerprint density at radius 3 is 2.72 bits per heavy atom. The lowest BCUT2D eigenvalue weighted by molar-refractivity contribution is -0.694. The van der Waals surface area contributed by atoms with Gasteiger partial charge >= 0.3 is 5.97 Å². The molecule has 168 valence electrons. The van der Waals surface area contributed by atoms with Gasteiger partial charge in [0.05, 0.1) is 19.1 Å². The summed E-state index contributed by atoms with van der Waals surface area (Å²) in [4.78, 5) is 17.1. The second-order valence-corrected chi connectivity index (χ2v) is 8.62. The number of benzene rings is 1. The maximum Gasteiger partial charge on any atom is 0.313 e. The van der Waals surface area contributed by atoms with E-state index in [0.717, 1.165) is 51.0 Å². The first-order valence-electron chi connectivity index (χ1n) is 11.5. The summed E-state index contributed by atoms with van der Waals surface area (Å²) >= 11 is 0. The number of para-hydroxylation sites is 1. The first kappa shape index (κ1) is 22.1. The molecule has 4 rings (SSSR count). The van der Waals surface area contributed by atoms with Crippen LogP contribution in [0, 0.1) is 12.8 Å². The summed E-state index contributed by atoms with van der Waals surface area (Å²) in [6.45, 7) is 4.06. The predicted molar refractivity (Wildman–Crippen MR) is 121 cm³/mol. The highest BCUT2D eigenvalue weighted by atomic mass is 16.5. The van der Waals surface area contributed by atoms with E-state index in [4.69, 9.17) is 4.74 Å². The number of rotatable bonds is 9. The Morgan fingerprint density at radius 1 is 1.22 bits per heavy atom. The molecule has 0 aliphatic heterocycles. The van der Waals surface area contributed by atoms with E-state index < -0.39 is 0 Å². The van der Waals surface area contributed by atoms with Crippen molar-refractivity contribution in [2.24, 2.45) is 5.92 Å². The standard InChI is InChI=1S/C26H31N3O3/c1-20-28(16-17-29(20)19-21-11-13-27-14-12-21)15-6-18-32-26(31)25(22-7-2-3-8-22)23-9-4-5-10-24(23)30/h4-5,9-14,16-17,22,25H,2-3,6-8,15,18-19H2,1H3/p+1. The van der Waals surface area contributed by atoms with Crippen LogP contribution in [-0.4, -0.2) is 27.2 Å². The van der Waals surface area contributed by atoms with Crippen LogP contribution in [0.2, 0.25) is 0 Å². The summed E-state index contributed by atoms with van der Waals surface area (Å²) in [7, 11) is 0. The van der Waals surface area contributed by atoms with Gasteiger partial charge in [0.2, 0.25) is 0 Å². The molecule has 3 aromatic rings. The number of pyridine rings is 1. The number of hydrogen-bond acceptors (Lipinski definition) is 4. The molecular weight excluding hydrogens is 402 g/mol. The molecule has 6 nitrogen and oxygen atoms in total. The normalized spacial score (nSPS) is 15.0. The fourth-order valence-corrected chi connectivity index (χ4v) is 4.74. The van der Waals surface area contributed by atoms with Gasteiger partial charge in [-0.05, 0) is 42.5 Å². The minimum Gasteiger partial charge on any atom is -0.508 e. The lowest BCUT2D eigenvalue weighted by Crippen LogP contribution is -2.36. The molecular formula is C26H32N3O3+. The van der Waals surface area contributed by atoms with E-state index in [-0.39, 0.29) is 23.6 Å². The average Bonchev–Trinajstić information content (AvgIpc) is 3.45. The molecule has 1 unspecified atom stereocenters. The van der Waals surface area contributed by atoms with Gasteiger partial charge in [0.1, 0.15) is 24.7 Å². The largest absolute Gasteiger partial charge is 0.508 e. The SMILES string of the molecule is Cc1n(CCCOC(=O)C(c2ccccc2O)C2CCCC2)cc[n+]1Cc1ccncc1.